The van der Waals surface area contributed by atoms with Crippen molar-refractivity contribution in [2.75, 3.05) is 7.11 Å². The molecule has 0 aliphatic carbocycles. The normalized spacial score (nSPS) is 9.60. The molecule has 0 radical (unpaired) electrons. The quantitative estimate of drug-likeness (QED) is 0.392. The van der Waals surface area contributed by atoms with Gasteiger partial charge < -0.3 is 9.53 Å². The minimum absolute atomic E-state index is 0.0133. The number of unbranched alkanes of at least 4 members (excludes halogenated alkanes) is 1. The van der Waals surface area contributed by atoms with Gasteiger partial charge >= 0.3 is 5.97 Å². The third kappa shape index (κ3) is 5.93. The predicted octanol–water partition coefficient (Wildman–Crippen LogP) is 2.46. The van der Waals surface area contributed by atoms with E-state index in [9.17, 15) is 18.4 Å². The molecular formula is C10H14F2O3. The first-order valence-corrected chi connectivity index (χ1v) is 4.61. The molecule has 0 saturated heterocycles. The van der Waals surface area contributed by atoms with Crippen LogP contribution in [0.15, 0.2) is 11.7 Å². The van der Waals surface area contributed by atoms with E-state index in [4.69, 9.17) is 0 Å². The summed E-state index contributed by atoms with van der Waals surface area (Å²) in [6, 6.07) is 0. The van der Waals surface area contributed by atoms with E-state index < -0.39 is 17.6 Å². The van der Waals surface area contributed by atoms with Crippen LogP contribution in [0, 0.1) is 0 Å². The molecule has 0 unspecified atom stereocenters. The number of ketones is 1. The Morgan fingerprint density at radius 2 is 1.67 bits per heavy atom. The van der Waals surface area contributed by atoms with Crippen LogP contribution < -0.4 is 0 Å². The highest BCUT2D eigenvalue weighted by molar-refractivity contribution is 5.88. The maximum Gasteiger partial charge on any atom is 0.339 e. The van der Waals surface area contributed by atoms with Crippen LogP contribution in [0.1, 0.15) is 32.6 Å². The van der Waals surface area contributed by atoms with Crippen LogP contribution in [0.25, 0.3) is 0 Å². The highest BCUT2D eigenvalue weighted by atomic mass is 19.3. The number of hydrogen-bond donors (Lipinski definition) is 0. The number of carbonyl (C=O) groups is 2. The van der Waals surface area contributed by atoms with E-state index in [-0.39, 0.29) is 12.2 Å². The number of Topliss-reactive ketones (excluding diaryl/α,β-unsaturated/α-hetero) is 1. The number of methoxy groups -OCH3 is 1. The number of esters is 1. The first-order chi connectivity index (χ1) is 6.99. The molecule has 0 N–H and O–H groups in total. The largest absolute Gasteiger partial charge is 0.466 e. The first-order valence-electron chi connectivity index (χ1n) is 4.61. The third-order valence-corrected chi connectivity index (χ3v) is 1.87. The fourth-order valence-corrected chi connectivity index (χ4v) is 1.07. The van der Waals surface area contributed by atoms with Crippen LogP contribution in [0.3, 0.4) is 0 Å². The summed E-state index contributed by atoms with van der Waals surface area (Å²) in [6.45, 7) is 1.44. The number of hydrogen-bond acceptors (Lipinski definition) is 3. The monoisotopic (exact) mass is 220 g/mol. The van der Waals surface area contributed by atoms with Gasteiger partial charge in [0.05, 0.1) is 7.11 Å². The second-order valence-corrected chi connectivity index (χ2v) is 3.14. The van der Waals surface area contributed by atoms with Gasteiger partial charge in [-0.3, -0.25) is 0 Å². The summed E-state index contributed by atoms with van der Waals surface area (Å²) < 4.78 is 28.7. The summed E-state index contributed by atoms with van der Waals surface area (Å²) >= 11 is 0. The van der Waals surface area contributed by atoms with Crippen molar-refractivity contribution in [3.63, 3.8) is 0 Å². The second-order valence-electron chi connectivity index (χ2n) is 3.14. The molecule has 0 atom stereocenters. The summed E-state index contributed by atoms with van der Waals surface area (Å²) in [7, 11) is 1.06. The van der Waals surface area contributed by atoms with Gasteiger partial charge in [-0.25, -0.2) is 4.79 Å². The summed E-state index contributed by atoms with van der Waals surface area (Å²) in [5.41, 5.74) is -0.596. The van der Waals surface area contributed by atoms with Crippen LogP contribution in [-0.4, -0.2) is 18.9 Å². The number of ether oxygens (including phenoxy) is 1. The van der Waals surface area contributed by atoms with Crippen LogP contribution in [0.4, 0.5) is 8.78 Å². The Morgan fingerprint density at radius 3 is 2.07 bits per heavy atom. The maximum absolute atomic E-state index is 12.2. The molecule has 0 aromatic heterocycles. The Morgan fingerprint density at radius 1 is 1.13 bits per heavy atom. The van der Waals surface area contributed by atoms with Gasteiger partial charge in [0, 0.05) is 6.42 Å². The Hall–Kier alpha value is -1.26. The maximum atomic E-state index is 12.2. The lowest BCUT2D eigenvalue weighted by Gasteiger charge is -2.03. The lowest BCUT2D eigenvalue weighted by molar-refractivity contribution is -0.136. The lowest BCUT2D eigenvalue weighted by atomic mass is 10.1. The molecule has 0 heterocycles. The van der Waals surface area contributed by atoms with E-state index in [2.05, 4.69) is 4.74 Å². The van der Waals surface area contributed by atoms with E-state index >= 15 is 0 Å². The predicted molar refractivity (Wildman–Crippen MR) is 50.4 cm³/mol. The zero-order valence-electron chi connectivity index (χ0n) is 8.81. The number of halogens is 2. The van der Waals surface area contributed by atoms with Crippen molar-refractivity contribution in [2.45, 2.75) is 32.6 Å². The van der Waals surface area contributed by atoms with E-state index in [1.807, 2.05) is 0 Å². The minimum Gasteiger partial charge on any atom is -0.466 e. The summed E-state index contributed by atoms with van der Waals surface area (Å²) in [6.07, 6.45) is -0.834. The standard InChI is InChI=1S/C10H14F2O3/c1-7(13)5-3-4-6-8(9(11)12)10(14)15-2/h3-6H2,1-2H3. The van der Waals surface area contributed by atoms with Crippen molar-refractivity contribution in [1.82, 2.24) is 0 Å². The van der Waals surface area contributed by atoms with Gasteiger partial charge in [0.15, 0.2) is 0 Å². The second kappa shape index (κ2) is 7.09. The smallest absolute Gasteiger partial charge is 0.339 e. The zero-order valence-corrected chi connectivity index (χ0v) is 8.81. The Bertz CT molecular complexity index is 268. The van der Waals surface area contributed by atoms with Crippen LogP contribution in [-0.2, 0) is 14.3 Å². The van der Waals surface area contributed by atoms with Crippen LogP contribution in [0.5, 0.6) is 0 Å². The summed E-state index contributed by atoms with van der Waals surface area (Å²) in [5, 5.41) is 0. The van der Waals surface area contributed by atoms with Crippen molar-refractivity contribution in [2.24, 2.45) is 0 Å². The van der Waals surface area contributed by atoms with Crippen molar-refractivity contribution < 1.29 is 23.1 Å². The van der Waals surface area contributed by atoms with E-state index in [0.29, 0.717) is 19.3 Å². The molecule has 0 bridgehead atoms. The SMILES string of the molecule is COC(=O)C(CCCCC(C)=O)=C(F)F. The molecule has 0 aliphatic rings. The molecular weight excluding hydrogens is 206 g/mol. The fourth-order valence-electron chi connectivity index (χ4n) is 1.07. The highest BCUT2D eigenvalue weighted by Gasteiger charge is 2.15. The molecule has 0 aromatic carbocycles. The van der Waals surface area contributed by atoms with Crippen molar-refractivity contribution in [1.29, 1.82) is 0 Å². The number of rotatable bonds is 6. The first kappa shape index (κ1) is 13.7. The Balaban J connectivity index is 4.06. The molecule has 0 aromatic rings. The zero-order chi connectivity index (χ0) is 11.8. The minimum atomic E-state index is -2.01. The van der Waals surface area contributed by atoms with Crippen molar-refractivity contribution >= 4 is 11.8 Å². The molecule has 15 heavy (non-hydrogen) atoms. The average molecular weight is 220 g/mol. The number of carbonyl (C=O) groups excluding carboxylic acids is 2. The van der Waals surface area contributed by atoms with Crippen molar-refractivity contribution in [3.05, 3.63) is 11.7 Å². The van der Waals surface area contributed by atoms with Crippen LogP contribution in [0.2, 0.25) is 0 Å². The molecule has 0 rings (SSSR count). The van der Waals surface area contributed by atoms with Crippen LogP contribution >= 0.6 is 0 Å². The fraction of sp³-hybridized carbons (Fsp3) is 0.600. The third-order valence-electron chi connectivity index (χ3n) is 1.87. The molecule has 0 amide bonds. The van der Waals surface area contributed by atoms with Gasteiger partial charge in [-0.2, -0.15) is 8.78 Å². The molecule has 0 spiro atoms. The van der Waals surface area contributed by atoms with Gasteiger partial charge in [-0.15, -0.1) is 0 Å². The molecule has 0 saturated carbocycles. The van der Waals surface area contributed by atoms with Gasteiger partial charge in [0.1, 0.15) is 11.4 Å². The van der Waals surface area contributed by atoms with E-state index in [0.717, 1.165) is 7.11 Å². The molecule has 0 fully saturated rings. The van der Waals surface area contributed by atoms with E-state index in [1.54, 1.807) is 0 Å². The van der Waals surface area contributed by atoms with Gasteiger partial charge in [0.25, 0.3) is 6.08 Å². The molecule has 3 nitrogen and oxygen atoms in total. The van der Waals surface area contributed by atoms with Crippen molar-refractivity contribution in [3.8, 4) is 0 Å². The Kier molecular flexibility index (Phi) is 6.49. The summed E-state index contributed by atoms with van der Waals surface area (Å²) in [5.74, 6) is -0.989. The van der Waals surface area contributed by atoms with Gasteiger partial charge in [-0.05, 0) is 26.2 Å². The highest BCUT2D eigenvalue weighted by Crippen LogP contribution is 2.17. The van der Waals surface area contributed by atoms with Gasteiger partial charge in [0.2, 0.25) is 0 Å². The molecule has 86 valence electrons. The molecule has 0 aliphatic heterocycles. The lowest BCUT2D eigenvalue weighted by Crippen LogP contribution is -2.06. The van der Waals surface area contributed by atoms with Gasteiger partial charge in [-0.1, -0.05) is 0 Å². The Labute approximate surface area is 87.1 Å². The molecule has 5 heteroatoms. The average Bonchev–Trinajstić information content (AvgIpc) is 2.15. The van der Waals surface area contributed by atoms with E-state index in [1.165, 1.54) is 6.92 Å². The summed E-state index contributed by atoms with van der Waals surface area (Å²) in [4.78, 5) is 21.4. The topological polar surface area (TPSA) is 43.4 Å².